The summed E-state index contributed by atoms with van der Waals surface area (Å²) in [6.07, 6.45) is 1.69. The van der Waals surface area contributed by atoms with Crippen molar-refractivity contribution in [2.24, 2.45) is 0 Å². The summed E-state index contributed by atoms with van der Waals surface area (Å²) in [6, 6.07) is 18.3. The van der Waals surface area contributed by atoms with Crippen LogP contribution in [-0.2, 0) is 14.8 Å². The van der Waals surface area contributed by atoms with Crippen LogP contribution in [0.4, 0.5) is 0 Å². The summed E-state index contributed by atoms with van der Waals surface area (Å²) < 4.78 is 38.8. The highest BCUT2D eigenvalue weighted by Gasteiger charge is 2.33. The van der Waals surface area contributed by atoms with Crippen molar-refractivity contribution < 1.29 is 22.7 Å². The maximum absolute atomic E-state index is 13.2. The summed E-state index contributed by atoms with van der Waals surface area (Å²) in [4.78, 5) is 15.1. The monoisotopic (exact) mass is 466 g/mol. The van der Waals surface area contributed by atoms with Gasteiger partial charge in [0.25, 0.3) is 0 Å². The van der Waals surface area contributed by atoms with E-state index in [1.165, 1.54) is 7.05 Å². The molecule has 1 amide bonds. The van der Waals surface area contributed by atoms with Gasteiger partial charge in [0.15, 0.2) is 11.5 Å². The molecule has 0 spiro atoms. The molecule has 172 valence electrons. The molecule has 0 radical (unpaired) electrons. The van der Waals surface area contributed by atoms with Gasteiger partial charge in [-0.1, -0.05) is 36.4 Å². The van der Waals surface area contributed by atoms with Crippen molar-refractivity contribution in [2.75, 3.05) is 33.4 Å². The number of amides is 1. The van der Waals surface area contributed by atoms with Gasteiger partial charge in [-0.25, -0.2) is 8.42 Å². The van der Waals surface area contributed by atoms with Crippen LogP contribution in [0.2, 0.25) is 0 Å². The van der Waals surface area contributed by atoms with Gasteiger partial charge in [0.1, 0.15) is 13.2 Å². The fourth-order valence-corrected chi connectivity index (χ4v) is 5.71. The van der Waals surface area contributed by atoms with E-state index in [2.05, 4.69) is 0 Å². The Hall–Kier alpha value is -3.10. The van der Waals surface area contributed by atoms with E-state index in [0.717, 1.165) is 33.5 Å². The van der Waals surface area contributed by atoms with Crippen LogP contribution in [0.15, 0.2) is 65.6 Å². The van der Waals surface area contributed by atoms with Gasteiger partial charge >= 0.3 is 0 Å². The Morgan fingerprint density at radius 2 is 1.76 bits per heavy atom. The van der Waals surface area contributed by atoms with Crippen molar-refractivity contribution in [3.05, 3.63) is 66.2 Å². The van der Waals surface area contributed by atoms with Crippen LogP contribution in [0.3, 0.4) is 0 Å². The highest BCUT2D eigenvalue weighted by atomic mass is 32.2. The van der Waals surface area contributed by atoms with E-state index in [4.69, 9.17) is 9.47 Å². The lowest BCUT2D eigenvalue weighted by Crippen LogP contribution is -2.40. The molecule has 2 aliphatic rings. The van der Waals surface area contributed by atoms with E-state index in [9.17, 15) is 13.2 Å². The number of fused-ring (bicyclic) bond motifs is 2. The average molecular weight is 467 g/mol. The van der Waals surface area contributed by atoms with Crippen LogP contribution in [0.1, 0.15) is 24.4 Å². The van der Waals surface area contributed by atoms with Gasteiger partial charge in [0.2, 0.25) is 15.9 Å². The number of carbonyl (C=O) groups excluding carboxylic acids is 1. The molecule has 1 fully saturated rings. The van der Waals surface area contributed by atoms with Crippen LogP contribution in [0.25, 0.3) is 10.8 Å². The molecule has 8 heteroatoms. The van der Waals surface area contributed by atoms with Crippen LogP contribution < -0.4 is 9.47 Å². The highest BCUT2D eigenvalue weighted by Crippen LogP contribution is 2.38. The molecule has 0 bridgehead atoms. The molecule has 2 heterocycles. The van der Waals surface area contributed by atoms with Crippen molar-refractivity contribution in [2.45, 2.75) is 23.8 Å². The van der Waals surface area contributed by atoms with Crippen molar-refractivity contribution in [1.82, 2.24) is 9.21 Å². The van der Waals surface area contributed by atoms with Crippen molar-refractivity contribution >= 4 is 26.7 Å². The zero-order chi connectivity index (χ0) is 23.0. The molecule has 0 N–H and O–H groups in total. The first-order valence-electron chi connectivity index (χ1n) is 11.1. The number of hydrogen-bond acceptors (Lipinski definition) is 5. The zero-order valence-electron chi connectivity index (χ0n) is 18.4. The largest absolute Gasteiger partial charge is 0.486 e. The summed E-state index contributed by atoms with van der Waals surface area (Å²) >= 11 is 0. The second-order valence-corrected chi connectivity index (χ2v) is 10.5. The van der Waals surface area contributed by atoms with E-state index < -0.39 is 10.0 Å². The molecule has 2 aliphatic heterocycles. The van der Waals surface area contributed by atoms with Crippen LogP contribution in [0.5, 0.6) is 11.5 Å². The number of sulfonamides is 1. The minimum Gasteiger partial charge on any atom is -0.486 e. The maximum Gasteiger partial charge on any atom is 0.243 e. The van der Waals surface area contributed by atoms with Crippen LogP contribution in [-0.4, -0.2) is 56.9 Å². The second-order valence-electron chi connectivity index (χ2n) is 8.42. The number of carbonyl (C=O) groups is 1. The fourth-order valence-electron chi connectivity index (χ4n) is 4.55. The van der Waals surface area contributed by atoms with E-state index in [1.54, 1.807) is 23.1 Å². The summed E-state index contributed by atoms with van der Waals surface area (Å²) in [5.41, 5.74) is 0.977. The summed E-state index contributed by atoms with van der Waals surface area (Å²) in [6.45, 7) is 1.41. The first-order chi connectivity index (χ1) is 15.9. The van der Waals surface area contributed by atoms with E-state index >= 15 is 0 Å². The van der Waals surface area contributed by atoms with Crippen molar-refractivity contribution in [3.8, 4) is 11.5 Å². The fraction of sp³-hybridized carbons (Fsp3) is 0.320. The number of hydrogen-bond donors (Lipinski definition) is 0. The molecule has 5 rings (SSSR count). The van der Waals surface area contributed by atoms with E-state index in [-0.39, 0.29) is 23.4 Å². The second kappa shape index (κ2) is 8.68. The Bertz CT molecular complexity index is 1310. The number of nitrogens with zero attached hydrogens (tertiary/aromatic N) is 2. The molecule has 1 atom stereocenters. The topological polar surface area (TPSA) is 76.2 Å². The smallest absolute Gasteiger partial charge is 0.243 e. The molecule has 33 heavy (non-hydrogen) atoms. The molecule has 0 aromatic heterocycles. The predicted octanol–water partition coefficient (Wildman–Crippen LogP) is 3.60. The molecular formula is C25H26N2O5S. The van der Waals surface area contributed by atoms with Gasteiger partial charge in [0.05, 0.1) is 17.5 Å². The van der Waals surface area contributed by atoms with Gasteiger partial charge in [-0.3, -0.25) is 4.79 Å². The van der Waals surface area contributed by atoms with Crippen LogP contribution >= 0.6 is 0 Å². The standard InChI is InChI=1S/C25H26N2O5S/c1-26(33(29,30)21-10-8-18-5-2-3-6-19(18)15-21)17-25(28)27-12-4-7-22(27)20-9-11-23-24(16-20)32-14-13-31-23/h2-3,5-6,8-11,15-16,22H,4,7,12-14,17H2,1H3/t22-/m0/s1. The normalized spacial score (nSPS) is 18.1. The number of ether oxygens (including phenoxy) is 2. The Morgan fingerprint density at radius 1 is 1.00 bits per heavy atom. The summed E-state index contributed by atoms with van der Waals surface area (Å²) in [7, 11) is -2.34. The minimum atomic E-state index is -3.80. The average Bonchev–Trinajstić information content (AvgIpc) is 3.33. The summed E-state index contributed by atoms with van der Waals surface area (Å²) in [5, 5.41) is 1.81. The minimum absolute atomic E-state index is 0.106. The first kappa shape index (κ1) is 21.7. The zero-order valence-corrected chi connectivity index (χ0v) is 19.3. The Labute approximate surface area is 193 Å². The number of likely N-dealkylation sites (N-methyl/N-ethyl adjacent to an activating group) is 1. The SMILES string of the molecule is CN(CC(=O)N1CCC[C@H]1c1ccc2c(c1)OCCO2)S(=O)(=O)c1ccc2ccccc2c1. The Morgan fingerprint density at radius 3 is 2.58 bits per heavy atom. The maximum atomic E-state index is 13.2. The van der Waals surface area contributed by atoms with Crippen LogP contribution in [0, 0.1) is 0 Å². The Balaban J connectivity index is 1.33. The molecule has 0 aliphatic carbocycles. The van der Waals surface area contributed by atoms with Gasteiger partial charge in [-0.2, -0.15) is 4.31 Å². The molecule has 0 unspecified atom stereocenters. The van der Waals surface area contributed by atoms with Gasteiger partial charge in [-0.05, 0) is 53.4 Å². The van der Waals surface area contributed by atoms with Gasteiger partial charge < -0.3 is 14.4 Å². The number of rotatable bonds is 5. The molecule has 3 aromatic rings. The third-order valence-corrected chi connectivity index (χ3v) is 8.11. The lowest BCUT2D eigenvalue weighted by molar-refractivity contribution is -0.132. The number of benzene rings is 3. The van der Waals surface area contributed by atoms with Crippen molar-refractivity contribution in [3.63, 3.8) is 0 Å². The van der Waals surface area contributed by atoms with Gasteiger partial charge in [0, 0.05) is 13.6 Å². The molecule has 3 aromatic carbocycles. The van der Waals surface area contributed by atoms with Crippen molar-refractivity contribution in [1.29, 1.82) is 0 Å². The lowest BCUT2D eigenvalue weighted by Gasteiger charge is -2.28. The number of likely N-dealkylation sites (tertiary alicyclic amines) is 1. The van der Waals surface area contributed by atoms with E-state index in [1.807, 2.05) is 42.5 Å². The third kappa shape index (κ3) is 4.16. The van der Waals surface area contributed by atoms with E-state index in [0.29, 0.717) is 31.3 Å². The first-order valence-corrected chi connectivity index (χ1v) is 12.5. The summed E-state index contributed by atoms with van der Waals surface area (Å²) in [5.74, 6) is 1.19. The molecular weight excluding hydrogens is 440 g/mol. The molecule has 0 saturated carbocycles. The predicted molar refractivity (Wildman–Crippen MR) is 125 cm³/mol. The molecule has 1 saturated heterocycles. The highest BCUT2D eigenvalue weighted by molar-refractivity contribution is 7.89. The van der Waals surface area contributed by atoms with Gasteiger partial charge in [-0.15, -0.1) is 0 Å². The third-order valence-electron chi connectivity index (χ3n) is 6.31. The Kier molecular flexibility index (Phi) is 5.72. The molecule has 7 nitrogen and oxygen atoms in total. The lowest BCUT2D eigenvalue weighted by atomic mass is 10.0. The quantitative estimate of drug-likeness (QED) is 0.574.